The summed E-state index contributed by atoms with van der Waals surface area (Å²) in [5, 5.41) is 0. The summed E-state index contributed by atoms with van der Waals surface area (Å²) >= 11 is 0.977. The third kappa shape index (κ3) is 3.16. The molecule has 1 aliphatic rings. The molecule has 0 aliphatic carbocycles. The zero-order valence-corrected chi connectivity index (χ0v) is 12.4. The Kier molecular flexibility index (Phi) is 4.59. The Bertz CT molecular complexity index is 544. The van der Waals surface area contributed by atoms with Crippen molar-refractivity contribution in [1.82, 2.24) is 4.31 Å². The van der Waals surface area contributed by atoms with Crippen molar-refractivity contribution in [2.45, 2.75) is 30.4 Å². The summed E-state index contributed by atoms with van der Waals surface area (Å²) < 4.78 is 31.3. The fourth-order valence-corrected chi connectivity index (χ4v) is 4.87. The summed E-state index contributed by atoms with van der Waals surface area (Å²) in [5.74, 6) is -0.465. The van der Waals surface area contributed by atoms with Gasteiger partial charge in [0, 0.05) is 13.1 Å². The highest BCUT2D eigenvalue weighted by atomic mass is 32.2. The third-order valence-electron chi connectivity index (χ3n) is 2.97. The number of rotatable bonds is 4. The fraction of sp³-hybridized carbons (Fsp3) is 0.583. The zero-order valence-electron chi connectivity index (χ0n) is 10.8. The predicted molar refractivity (Wildman–Crippen MR) is 72.9 cm³/mol. The van der Waals surface area contributed by atoms with Crippen LogP contribution in [-0.4, -0.2) is 38.4 Å². The van der Waals surface area contributed by atoms with Gasteiger partial charge in [-0.1, -0.05) is 6.42 Å². The minimum Gasteiger partial charge on any atom is -0.462 e. The molecule has 2 heterocycles. The van der Waals surface area contributed by atoms with Crippen LogP contribution >= 0.6 is 11.3 Å². The van der Waals surface area contributed by atoms with Gasteiger partial charge in [-0.2, -0.15) is 4.31 Å². The number of nitrogens with zero attached hydrogens (tertiary/aromatic N) is 1. The molecule has 106 valence electrons. The number of thiophene rings is 1. The van der Waals surface area contributed by atoms with Crippen molar-refractivity contribution in [3.8, 4) is 0 Å². The highest BCUT2D eigenvalue weighted by Crippen LogP contribution is 2.27. The van der Waals surface area contributed by atoms with Crippen LogP contribution in [0, 0.1) is 0 Å². The summed E-state index contributed by atoms with van der Waals surface area (Å²) in [4.78, 5) is 11.9. The average molecular weight is 303 g/mol. The van der Waals surface area contributed by atoms with Gasteiger partial charge in [0.1, 0.15) is 9.09 Å². The lowest BCUT2D eigenvalue weighted by Gasteiger charge is -2.25. The summed E-state index contributed by atoms with van der Waals surface area (Å²) in [5.41, 5.74) is 0. The topological polar surface area (TPSA) is 63.7 Å². The first-order chi connectivity index (χ1) is 9.05. The second kappa shape index (κ2) is 6.02. The molecular formula is C12H17NO4S2. The van der Waals surface area contributed by atoms with Crippen molar-refractivity contribution in [2.75, 3.05) is 19.7 Å². The Balaban J connectivity index is 2.19. The summed E-state index contributed by atoms with van der Waals surface area (Å²) in [6, 6.07) is 3.00. The number of hydrogen-bond donors (Lipinski definition) is 0. The summed E-state index contributed by atoms with van der Waals surface area (Å²) in [7, 11) is -3.45. The Hall–Kier alpha value is -0.920. The fourth-order valence-electron chi connectivity index (χ4n) is 2.00. The standard InChI is InChI=1S/C12H17NO4S2/c1-2-17-12(14)10-6-7-11(18-10)19(15,16)13-8-4-3-5-9-13/h6-7H,2-5,8-9H2,1H3. The molecule has 19 heavy (non-hydrogen) atoms. The van der Waals surface area contributed by atoms with E-state index in [4.69, 9.17) is 4.74 Å². The number of carbonyl (C=O) groups is 1. The van der Waals surface area contributed by atoms with E-state index in [0.29, 0.717) is 18.0 Å². The number of hydrogen-bond acceptors (Lipinski definition) is 5. The second-order valence-corrected chi connectivity index (χ2v) is 7.55. The zero-order chi connectivity index (χ0) is 13.9. The van der Waals surface area contributed by atoms with Gasteiger partial charge < -0.3 is 4.74 Å². The number of sulfonamides is 1. The van der Waals surface area contributed by atoms with Crippen LogP contribution in [0.1, 0.15) is 35.9 Å². The molecule has 0 bridgehead atoms. The van der Waals surface area contributed by atoms with Gasteiger partial charge in [0.2, 0.25) is 0 Å². The molecule has 0 N–H and O–H groups in total. The van der Waals surface area contributed by atoms with Crippen LogP contribution < -0.4 is 0 Å². The van der Waals surface area contributed by atoms with E-state index in [1.54, 1.807) is 6.92 Å². The molecular weight excluding hydrogens is 286 g/mol. The smallest absolute Gasteiger partial charge is 0.348 e. The number of carbonyl (C=O) groups excluding carboxylic acids is 1. The third-order valence-corrected chi connectivity index (χ3v) is 6.40. The van der Waals surface area contributed by atoms with E-state index in [1.807, 2.05) is 0 Å². The first-order valence-corrected chi connectivity index (χ1v) is 8.58. The van der Waals surface area contributed by atoms with Crippen LogP contribution in [0.15, 0.2) is 16.3 Å². The van der Waals surface area contributed by atoms with Crippen molar-refractivity contribution in [3.63, 3.8) is 0 Å². The van der Waals surface area contributed by atoms with Crippen molar-refractivity contribution in [2.24, 2.45) is 0 Å². The molecule has 1 aromatic heterocycles. The van der Waals surface area contributed by atoms with E-state index in [2.05, 4.69) is 0 Å². The number of piperidine rings is 1. The number of esters is 1. The van der Waals surface area contributed by atoms with E-state index in [9.17, 15) is 13.2 Å². The first kappa shape index (κ1) is 14.5. The minimum absolute atomic E-state index is 0.220. The Morgan fingerprint density at radius 2 is 2.00 bits per heavy atom. The summed E-state index contributed by atoms with van der Waals surface area (Å²) in [6.07, 6.45) is 2.87. The van der Waals surface area contributed by atoms with Crippen molar-refractivity contribution in [1.29, 1.82) is 0 Å². The lowest BCUT2D eigenvalue weighted by atomic mass is 10.2. The molecule has 0 atom stereocenters. The van der Waals surface area contributed by atoms with E-state index in [0.717, 1.165) is 30.6 Å². The Morgan fingerprint density at radius 3 is 2.63 bits per heavy atom. The van der Waals surface area contributed by atoms with Gasteiger partial charge in [-0.25, -0.2) is 13.2 Å². The highest BCUT2D eigenvalue weighted by molar-refractivity contribution is 7.91. The van der Waals surface area contributed by atoms with E-state index < -0.39 is 16.0 Å². The van der Waals surface area contributed by atoms with Crippen LogP contribution in [0.4, 0.5) is 0 Å². The molecule has 0 aromatic carbocycles. The molecule has 0 spiro atoms. The molecule has 0 unspecified atom stereocenters. The Morgan fingerprint density at radius 1 is 1.32 bits per heavy atom. The van der Waals surface area contributed by atoms with E-state index in [1.165, 1.54) is 16.4 Å². The SMILES string of the molecule is CCOC(=O)c1ccc(S(=O)(=O)N2CCCCC2)s1. The largest absolute Gasteiger partial charge is 0.462 e. The molecule has 0 radical (unpaired) electrons. The van der Waals surface area contributed by atoms with Crippen molar-refractivity contribution < 1.29 is 17.9 Å². The van der Waals surface area contributed by atoms with Gasteiger partial charge in [0.25, 0.3) is 10.0 Å². The van der Waals surface area contributed by atoms with Gasteiger partial charge in [0.15, 0.2) is 0 Å². The monoisotopic (exact) mass is 303 g/mol. The van der Waals surface area contributed by atoms with Gasteiger partial charge in [-0.15, -0.1) is 11.3 Å². The van der Waals surface area contributed by atoms with Crippen LogP contribution in [0.3, 0.4) is 0 Å². The van der Waals surface area contributed by atoms with Crippen molar-refractivity contribution >= 4 is 27.3 Å². The molecule has 7 heteroatoms. The molecule has 0 saturated carbocycles. The van der Waals surface area contributed by atoms with Crippen LogP contribution in [-0.2, 0) is 14.8 Å². The number of ether oxygens (including phenoxy) is 1. The second-order valence-electron chi connectivity index (χ2n) is 4.30. The van der Waals surface area contributed by atoms with Crippen molar-refractivity contribution in [3.05, 3.63) is 17.0 Å². The highest BCUT2D eigenvalue weighted by Gasteiger charge is 2.28. The molecule has 2 rings (SSSR count). The molecule has 1 saturated heterocycles. The van der Waals surface area contributed by atoms with Crippen LogP contribution in [0.5, 0.6) is 0 Å². The van der Waals surface area contributed by atoms with Gasteiger partial charge in [-0.05, 0) is 31.9 Å². The molecule has 1 fully saturated rings. The molecule has 1 aromatic rings. The lowest BCUT2D eigenvalue weighted by Crippen LogP contribution is -2.35. The van der Waals surface area contributed by atoms with Gasteiger partial charge in [-0.3, -0.25) is 0 Å². The van der Waals surface area contributed by atoms with Gasteiger partial charge in [0.05, 0.1) is 6.61 Å². The predicted octanol–water partition coefficient (Wildman–Crippen LogP) is 2.10. The summed E-state index contributed by atoms with van der Waals surface area (Å²) in [6.45, 7) is 3.13. The van der Waals surface area contributed by atoms with E-state index in [-0.39, 0.29) is 10.8 Å². The first-order valence-electron chi connectivity index (χ1n) is 6.33. The van der Waals surface area contributed by atoms with Crippen LogP contribution in [0.25, 0.3) is 0 Å². The molecule has 1 aliphatic heterocycles. The molecule has 0 amide bonds. The van der Waals surface area contributed by atoms with Gasteiger partial charge >= 0.3 is 5.97 Å². The van der Waals surface area contributed by atoms with E-state index >= 15 is 0 Å². The maximum Gasteiger partial charge on any atom is 0.348 e. The minimum atomic E-state index is -3.45. The lowest BCUT2D eigenvalue weighted by molar-refractivity contribution is 0.0532. The normalized spacial score (nSPS) is 17.3. The molecule has 5 nitrogen and oxygen atoms in total. The maximum absolute atomic E-state index is 12.4. The average Bonchev–Trinajstić information content (AvgIpc) is 2.90. The quantitative estimate of drug-likeness (QED) is 0.799. The Labute approximate surface area is 117 Å². The maximum atomic E-state index is 12.4. The van der Waals surface area contributed by atoms with Crippen LogP contribution in [0.2, 0.25) is 0 Å².